The fourth-order valence-electron chi connectivity index (χ4n) is 1.69. The number of ether oxygens (including phenoxy) is 1. The van der Waals surface area contributed by atoms with Crippen molar-refractivity contribution in [3.05, 3.63) is 28.3 Å². The third kappa shape index (κ3) is 3.90. The van der Waals surface area contributed by atoms with Crippen molar-refractivity contribution in [2.75, 3.05) is 6.61 Å². The summed E-state index contributed by atoms with van der Waals surface area (Å²) < 4.78 is 5.24. The van der Waals surface area contributed by atoms with Gasteiger partial charge in [0.2, 0.25) is 0 Å². The van der Waals surface area contributed by atoms with Crippen LogP contribution in [0, 0.1) is 39.9 Å². The molecule has 112 valence electrons. The zero-order valence-corrected chi connectivity index (χ0v) is 12.5. The second-order valence-electron chi connectivity index (χ2n) is 4.26. The van der Waals surface area contributed by atoms with Crippen molar-refractivity contribution in [2.45, 2.75) is 13.0 Å². The average Bonchev–Trinajstić information content (AvgIpc) is 2.50. The smallest absolute Gasteiger partial charge is 0.176 e. The van der Waals surface area contributed by atoms with Gasteiger partial charge in [-0.15, -0.1) is 0 Å². The summed E-state index contributed by atoms with van der Waals surface area (Å²) in [6, 6.07) is 7.22. The van der Waals surface area contributed by atoms with Gasteiger partial charge < -0.3 is 15.6 Å². The van der Waals surface area contributed by atoms with Crippen LogP contribution < -0.4 is 10.5 Å². The molecule has 0 saturated heterocycles. The standard InChI is InChI=1S/C15H13ClN4O2/c1-2-22-13-5-9(4-12(16)15(13)21)3-10(6-17)14(20)11(7-18)8-19/h3-5,11,14,21H,2,20H2,1H3. The van der Waals surface area contributed by atoms with Gasteiger partial charge >= 0.3 is 0 Å². The molecule has 3 N–H and O–H groups in total. The quantitative estimate of drug-likeness (QED) is 0.802. The summed E-state index contributed by atoms with van der Waals surface area (Å²) in [5, 5.41) is 36.7. The molecule has 0 aliphatic carbocycles. The number of rotatable bonds is 5. The lowest BCUT2D eigenvalue weighted by Gasteiger charge is -2.12. The van der Waals surface area contributed by atoms with Crippen LogP contribution in [-0.4, -0.2) is 17.8 Å². The summed E-state index contributed by atoms with van der Waals surface area (Å²) in [6.07, 6.45) is 1.40. The number of nitrogens with zero attached hydrogens (tertiary/aromatic N) is 3. The van der Waals surface area contributed by atoms with E-state index in [4.69, 9.17) is 37.9 Å². The minimum absolute atomic E-state index is 0.0531. The summed E-state index contributed by atoms with van der Waals surface area (Å²) in [7, 11) is 0. The summed E-state index contributed by atoms with van der Waals surface area (Å²) in [6.45, 7) is 2.07. The summed E-state index contributed by atoms with van der Waals surface area (Å²) in [5.41, 5.74) is 6.28. The van der Waals surface area contributed by atoms with Crippen molar-refractivity contribution in [3.63, 3.8) is 0 Å². The molecular weight excluding hydrogens is 304 g/mol. The molecule has 22 heavy (non-hydrogen) atoms. The number of hydrogen-bond donors (Lipinski definition) is 2. The number of benzene rings is 1. The Labute approximate surface area is 133 Å². The first-order valence-corrected chi connectivity index (χ1v) is 6.68. The van der Waals surface area contributed by atoms with Crippen molar-refractivity contribution < 1.29 is 9.84 Å². The molecule has 0 radical (unpaired) electrons. The van der Waals surface area contributed by atoms with Crippen molar-refractivity contribution in [3.8, 4) is 29.7 Å². The van der Waals surface area contributed by atoms with E-state index in [1.807, 2.05) is 6.07 Å². The molecule has 0 aliphatic rings. The number of hydrogen-bond acceptors (Lipinski definition) is 6. The third-order valence-corrected chi connectivity index (χ3v) is 3.09. The highest BCUT2D eigenvalue weighted by Gasteiger charge is 2.21. The van der Waals surface area contributed by atoms with Crippen molar-refractivity contribution >= 4 is 17.7 Å². The van der Waals surface area contributed by atoms with Crippen molar-refractivity contribution in [1.82, 2.24) is 0 Å². The van der Waals surface area contributed by atoms with Crippen LogP contribution in [-0.2, 0) is 0 Å². The van der Waals surface area contributed by atoms with Crippen LogP contribution in [0.2, 0.25) is 5.02 Å². The molecule has 0 fully saturated rings. The molecular formula is C15H13ClN4O2. The van der Waals surface area contributed by atoms with E-state index in [1.165, 1.54) is 18.2 Å². The zero-order chi connectivity index (χ0) is 16.7. The van der Waals surface area contributed by atoms with Crippen LogP contribution in [0.1, 0.15) is 12.5 Å². The molecule has 0 saturated carbocycles. The van der Waals surface area contributed by atoms with Gasteiger partial charge in [-0.3, -0.25) is 0 Å². The maximum Gasteiger partial charge on any atom is 0.176 e. The minimum atomic E-state index is -1.13. The topological polar surface area (TPSA) is 127 Å². The van der Waals surface area contributed by atoms with E-state index in [1.54, 1.807) is 19.1 Å². The first kappa shape index (κ1) is 17.3. The molecule has 0 bridgehead atoms. The van der Waals surface area contributed by atoms with Gasteiger partial charge in [0.25, 0.3) is 0 Å². The number of halogens is 1. The Morgan fingerprint density at radius 2 is 2.05 bits per heavy atom. The molecule has 0 aromatic heterocycles. The lowest BCUT2D eigenvalue weighted by molar-refractivity contribution is 0.318. The van der Waals surface area contributed by atoms with Gasteiger partial charge in [0, 0.05) is 5.57 Å². The highest BCUT2D eigenvalue weighted by Crippen LogP contribution is 2.36. The molecule has 0 spiro atoms. The van der Waals surface area contributed by atoms with E-state index in [-0.39, 0.29) is 22.1 Å². The molecule has 0 amide bonds. The van der Waals surface area contributed by atoms with E-state index in [9.17, 15) is 5.11 Å². The maximum atomic E-state index is 9.76. The molecule has 1 atom stereocenters. The van der Waals surface area contributed by atoms with Crippen LogP contribution in [0.3, 0.4) is 0 Å². The lowest BCUT2D eigenvalue weighted by Crippen LogP contribution is -2.29. The Bertz CT molecular complexity index is 696. The first-order valence-electron chi connectivity index (χ1n) is 6.30. The van der Waals surface area contributed by atoms with Crippen molar-refractivity contribution in [1.29, 1.82) is 15.8 Å². The number of nitrogens with two attached hydrogens (primary N) is 1. The van der Waals surface area contributed by atoms with Crippen LogP contribution in [0.25, 0.3) is 6.08 Å². The Morgan fingerprint density at radius 1 is 1.41 bits per heavy atom. The van der Waals surface area contributed by atoms with Crippen LogP contribution >= 0.6 is 11.6 Å². The van der Waals surface area contributed by atoms with Gasteiger partial charge in [-0.25, -0.2) is 0 Å². The molecule has 6 nitrogen and oxygen atoms in total. The Morgan fingerprint density at radius 3 is 2.55 bits per heavy atom. The first-order chi connectivity index (χ1) is 10.5. The van der Waals surface area contributed by atoms with Crippen molar-refractivity contribution in [2.24, 2.45) is 11.7 Å². The minimum Gasteiger partial charge on any atom is -0.503 e. The Hall–Kier alpha value is -2.72. The fraction of sp³-hybridized carbons (Fsp3) is 0.267. The Balaban J connectivity index is 3.28. The van der Waals surface area contributed by atoms with Crippen LogP contribution in [0.15, 0.2) is 17.7 Å². The van der Waals surface area contributed by atoms with E-state index in [0.717, 1.165) is 0 Å². The van der Waals surface area contributed by atoms with Crippen LogP contribution in [0.4, 0.5) is 0 Å². The van der Waals surface area contributed by atoms with E-state index in [0.29, 0.717) is 12.2 Å². The Kier molecular flexibility index (Phi) is 6.23. The maximum absolute atomic E-state index is 9.76. The second-order valence-corrected chi connectivity index (χ2v) is 4.66. The predicted molar refractivity (Wildman–Crippen MR) is 80.6 cm³/mol. The highest BCUT2D eigenvalue weighted by molar-refractivity contribution is 6.32. The van der Waals surface area contributed by atoms with Gasteiger partial charge in [0.05, 0.1) is 35.9 Å². The normalized spacial score (nSPS) is 12.1. The fourth-order valence-corrected chi connectivity index (χ4v) is 1.91. The predicted octanol–water partition coefficient (Wildman–Crippen LogP) is 2.34. The molecule has 0 aliphatic heterocycles. The monoisotopic (exact) mass is 316 g/mol. The van der Waals surface area contributed by atoms with Gasteiger partial charge in [-0.2, -0.15) is 15.8 Å². The molecule has 7 heteroatoms. The molecule has 1 aromatic rings. The van der Waals surface area contributed by atoms with Crippen LogP contribution in [0.5, 0.6) is 11.5 Å². The number of nitriles is 3. The molecule has 0 heterocycles. The van der Waals surface area contributed by atoms with Gasteiger partial charge in [0.15, 0.2) is 17.4 Å². The second kappa shape index (κ2) is 7.90. The highest BCUT2D eigenvalue weighted by atomic mass is 35.5. The summed E-state index contributed by atoms with van der Waals surface area (Å²) >= 11 is 5.90. The third-order valence-electron chi connectivity index (χ3n) is 2.80. The van der Waals surface area contributed by atoms with Gasteiger partial charge in [-0.1, -0.05) is 11.6 Å². The number of phenols is 1. The average molecular weight is 317 g/mol. The lowest BCUT2D eigenvalue weighted by atomic mass is 9.95. The summed E-state index contributed by atoms with van der Waals surface area (Å²) in [4.78, 5) is 0. The van der Waals surface area contributed by atoms with E-state index in [2.05, 4.69) is 0 Å². The molecule has 1 aromatic carbocycles. The number of aromatic hydroxyl groups is 1. The van der Waals surface area contributed by atoms with E-state index < -0.39 is 12.0 Å². The van der Waals surface area contributed by atoms with Gasteiger partial charge in [-0.05, 0) is 30.7 Å². The summed E-state index contributed by atoms with van der Waals surface area (Å²) in [5.74, 6) is -1.16. The molecule has 1 unspecified atom stereocenters. The SMILES string of the molecule is CCOc1cc(C=C(C#N)C(N)C(C#N)C#N)cc(Cl)c1O. The van der Waals surface area contributed by atoms with Gasteiger partial charge in [0.1, 0.15) is 0 Å². The molecule has 1 rings (SSSR count). The largest absolute Gasteiger partial charge is 0.503 e. The zero-order valence-electron chi connectivity index (χ0n) is 11.7. The number of phenolic OH excluding ortho intramolecular Hbond substituents is 1. The van der Waals surface area contributed by atoms with E-state index >= 15 is 0 Å².